The number of fused-ring (bicyclic) bond motifs is 2. The summed E-state index contributed by atoms with van der Waals surface area (Å²) in [6.07, 6.45) is 3.30. The van der Waals surface area contributed by atoms with E-state index in [2.05, 4.69) is 24.9 Å². The van der Waals surface area contributed by atoms with E-state index in [1.165, 1.54) is 0 Å². The molecule has 0 fully saturated rings. The number of aromatic nitrogens is 6. The zero-order chi connectivity index (χ0) is 23.4. The Morgan fingerprint density at radius 2 is 1.44 bits per heavy atom. The Balaban J connectivity index is 1.75. The molecule has 6 rings (SSSR count). The maximum Gasteiger partial charge on any atom is 0.327 e. The molecular weight excluding hydrogens is 444 g/mol. The number of nitrogens with zero attached hydrogens (tertiary/aromatic N) is 1. The lowest BCUT2D eigenvalue weighted by Crippen LogP contribution is -2.27. The van der Waals surface area contributed by atoms with Gasteiger partial charge < -0.3 is 19.0 Å². The normalized spacial score (nSPS) is 12.8. The van der Waals surface area contributed by atoms with Crippen LogP contribution in [0.3, 0.4) is 0 Å². The fourth-order valence-corrected chi connectivity index (χ4v) is 4.18. The van der Waals surface area contributed by atoms with Crippen LogP contribution < -0.4 is 32.0 Å². The molecular formula is C22H16N6O6. The van der Waals surface area contributed by atoms with Gasteiger partial charge in [0.2, 0.25) is 0 Å². The molecule has 4 aromatic heterocycles. The first-order valence-corrected chi connectivity index (χ1v) is 10.3. The summed E-state index contributed by atoms with van der Waals surface area (Å²) >= 11 is 0. The number of ether oxygens (including phenoxy) is 2. The van der Waals surface area contributed by atoms with Crippen LogP contribution in [0.4, 0.5) is 0 Å². The van der Waals surface area contributed by atoms with E-state index in [1.54, 1.807) is 47.3 Å². The number of H-pyrrole nitrogens is 5. The second kappa shape index (κ2) is 7.27. The standard InChI is InChI=1S/C22H16N6O6/c29-19-14-13(15-18(28-5-1-2-6-28)25-22(32)27-20(15)30)16(23-17(14)24-21(31)26-19)10-3-4-11-12(9-10)34-8-7-33-11/h1-6,9H,7-8H2,(H2,25,27,30,32)(H3,23,24,26,29,31). The second-order valence-corrected chi connectivity index (χ2v) is 7.61. The number of nitrogens with one attached hydrogen (secondary N) is 5. The van der Waals surface area contributed by atoms with E-state index in [1.807, 2.05) is 0 Å². The fourth-order valence-electron chi connectivity index (χ4n) is 4.18. The summed E-state index contributed by atoms with van der Waals surface area (Å²) in [5.41, 5.74) is -1.53. The van der Waals surface area contributed by atoms with E-state index in [9.17, 15) is 19.2 Å². The van der Waals surface area contributed by atoms with Gasteiger partial charge in [-0.25, -0.2) is 9.59 Å². The molecule has 0 spiro atoms. The van der Waals surface area contributed by atoms with Crippen molar-refractivity contribution in [3.8, 4) is 39.7 Å². The highest BCUT2D eigenvalue weighted by molar-refractivity contribution is 6.03. The van der Waals surface area contributed by atoms with Crippen LogP contribution in [0.2, 0.25) is 0 Å². The van der Waals surface area contributed by atoms with Gasteiger partial charge in [0, 0.05) is 23.5 Å². The van der Waals surface area contributed by atoms with Crippen molar-refractivity contribution >= 4 is 11.0 Å². The van der Waals surface area contributed by atoms with Gasteiger partial charge in [0.25, 0.3) is 11.1 Å². The smallest absolute Gasteiger partial charge is 0.327 e. The third kappa shape index (κ3) is 3.00. The van der Waals surface area contributed by atoms with Gasteiger partial charge in [-0.15, -0.1) is 0 Å². The topological polar surface area (TPSA) is 171 Å². The molecule has 0 amide bonds. The third-order valence-electron chi connectivity index (χ3n) is 5.56. The van der Waals surface area contributed by atoms with Crippen molar-refractivity contribution in [1.82, 2.24) is 29.5 Å². The maximum absolute atomic E-state index is 13.2. The van der Waals surface area contributed by atoms with Crippen LogP contribution in [0, 0.1) is 0 Å². The lowest BCUT2D eigenvalue weighted by atomic mass is 10.00. The first-order valence-electron chi connectivity index (χ1n) is 10.3. The Bertz CT molecular complexity index is 1800. The molecule has 0 unspecified atom stereocenters. The number of rotatable bonds is 3. The van der Waals surface area contributed by atoms with Gasteiger partial charge in [0.05, 0.1) is 16.6 Å². The quantitative estimate of drug-likeness (QED) is 0.267. The van der Waals surface area contributed by atoms with E-state index >= 15 is 0 Å². The lowest BCUT2D eigenvalue weighted by Gasteiger charge is -2.19. The number of aromatic amines is 5. The fraction of sp³-hybridized carbons (Fsp3) is 0.0909. The molecule has 0 aliphatic carbocycles. The summed E-state index contributed by atoms with van der Waals surface area (Å²) < 4.78 is 12.8. The molecule has 0 bridgehead atoms. The minimum absolute atomic E-state index is 0.0319. The molecule has 1 aromatic carbocycles. The highest BCUT2D eigenvalue weighted by atomic mass is 16.6. The van der Waals surface area contributed by atoms with Gasteiger partial charge in [-0.3, -0.25) is 29.5 Å². The molecule has 12 heteroatoms. The van der Waals surface area contributed by atoms with Gasteiger partial charge in [0.1, 0.15) is 24.7 Å². The van der Waals surface area contributed by atoms with Crippen molar-refractivity contribution in [2.45, 2.75) is 0 Å². The summed E-state index contributed by atoms with van der Waals surface area (Å²) in [7, 11) is 0. The van der Waals surface area contributed by atoms with Crippen molar-refractivity contribution in [3.05, 3.63) is 84.4 Å². The van der Waals surface area contributed by atoms with Gasteiger partial charge >= 0.3 is 11.4 Å². The first-order chi connectivity index (χ1) is 16.5. The predicted octanol–water partition coefficient (Wildman–Crippen LogP) is 0.817. The molecule has 0 saturated heterocycles. The van der Waals surface area contributed by atoms with E-state index < -0.39 is 22.5 Å². The van der Waals surface area contributed by atoms with Crippen LogP contribution in [0.25, 0.3) is 39.2 Å². The molecule has 12 nitrogen and oxygen atoms in total. The van der Waals surface area contributed by atoms with Crippen molar-refractivity contribution in [1.29, 1.82) is 0 Å². The SMILES string of the molecule is O=c1[nH]c(-n2cccc2)c(-c2c(-c3ccc4c(c3)OCCO4)[nH]c3[nH]c(=O)[nH]c(=O)c23)c(=O)[nH]1. The molecule has 5 N–H and O–H groups in total. The van der Waals surface area contributed by atoms with Gasteiger partial charge in [0.15, 0.2) is 11.5 Å². The zero-order valence-corrected chi connectivity index (χ0v) is 17.4. The van der Waals surface area contributed by atoms with E-state index in [0.29, 0.717) is 36.0 Å². The molecule has 34 heavy (non-hydrogen) atoms. The van der Waals surface area contributed by atoms with E-state index in [4.69, 9.17) is 9.47 Å². The Kier molecular flexibility index (Phi) is 4.20. The van der Waals surface area contributed by atoms with Crippen LogP contribution in [-0.4, -0.2) is 42.7 Å². The van der Waals surface area contributed by atoms with Gasteiger partial charge in [-0.1, -0.05) is 0 Å². The average Bonchev–Trinajstić information content (AvgIpc) is 3.47. The summed E-state index contributed by atoms with van der Waals surface area (Å²) in [5.74, 6) is 1.22. The van der Waals surface area contributed by atoms with Crippen LogP contribution in [0.1, 0.15) is 0 Å². The van der Waals surface area contributed by atoms with Crippen LogP contribution in [0.15, 0.2) is 61.9 Å². The summed E-state index contributed by atoms with van der Waals surface area (Å²) in [6, 6.07) is 8.62. The van der Waals surface area contributed by atoms with E-state index in [-0.39, 0.29) is 28.0 Å². The summed E-state index contributed by atoms with van der Waals surface area (Å²) in [5, 5.41) is 0.0513. The number of hydrogen-bond donors (Lipinski definition) is 5. The third-order valence-corrected chi connectivity index (χ3v) is 5.56. The maximum atomic E-state index is 13.2. The molecule has 0 atom stereocenters. The highest BCUT2D eigenvalue weighted by Crippen LogP contribution is 2.40. The first kappa shape index (κ1) is 19.7. The van der Waals surface area contributed by atoms with Crippen molar-refractivity contribution in [2.75, 3.05) is 13.2 Å². The van der Waals surface area contributed by atoms with E-state index in [0.717, 1.165) is 0 Å². The zero-order valence-electron chi connectivity index (χ0n) is 17.4. The highest BCUT2D eigenvalue weighted by Gasteiger charge is 2.26. The molecule has 1 aliphatic heterocycles. The monoisotopic (exact) mass is 460 g/mol. The number of benzene rings is 1. The van der Waals surface area contributed by atoms with Crippen LogP contribution in [-0.2, 0) is 0 Å². The number of hydrogen-bond acceptors (Lipinski definition) is 6. The van der Waals surface area contributed by atoms with Crippen molar-refractivity contribution < 1.29 is 9.47 Å². The molecule has 0 saturated carbocycles. The Labute approximate surface area is 187 Å². The molecule has 1 aliphatic rings. The predicted molar refractivity (Wildman–Crippen MR) is 122 cm³/mol. The van der Waals surface area contributed by atoms with Gasteiger partial charge in [-0.05, 0) is 30.3 Å². The van der Waals surface area contributed by atoms with Crippen LogP contribution in [0.5, 0.6) is 11.5 Å². The van der Waals surface area contributed by atoms with Crippen molar-refractivity contribution in [2.24, 2.45) is 0 Å². The molecule has 5 aromatic rings. The Hall–Kier alpha value is -5.00. The molecule has 5 heterocycles. The molecule has 0 radical (unpaired) electrons. The Morgan fingerprint density at radius 1 is 0.735 bits per heavy atom. The average molecular weight is 460 g/mol. The lowest BCUT2D eigenvalue weighted by molar-refractivity contribution is 0.171. The molecule has 170 valence electrons. The van der Waals surface area contributed by atoms with Crippen LogP contribution >= 0.6 is 0 Å². The Morgan fingerprint density at radius 3 is 2.24 bits per heavy atom. The minimum Gasteiger partial charge on any atom is -0.486 e. The largest absolute Gasteiger partial charge is 0.486 e. The minimum atomic E-state index is -0.710. The summed E-state index contributed by atoms with van der Waals surface area (Å²) in [4.78, 5) is 62.9. The van der Waals surface area contributed by atoms with Gasteiger partial charge in [-0.2, -0.15) is 0 Å². The summed E-state index contributed by atoms with van der Waals surface area (Å²) in [6.45, 7) is 0.800. The van der Waals surface area contributed by atoms with Crippen molar-refractivity contribution in [3.63, 3.8) is 0 Å². The second-order valence-electron chi connectivity index (χ2n) is 7.61.